The van der Waals surface area contributed by atoms with Gasteiger partial charge < -0.3 is 66.0 Å². The molecule has 0 saturated carbocycles. The van der Waals surface area contributed by atoms with Gasteiger partial charge in [-0.15, -0.1) is 0 Å². The zero-order valence-electron chi connectivity index (χ0n) is 51.9. The second-order valence-electron chi connectivity index (χ2n) is 29.1. The summed E-state index contributed by atoms with van der Waals surface area (Å²) in [6, 6.07) is 0. The highest BCUT2D eigenvalue weighted by Crippen LogP contribution is 2.54. The molecule has 0 N–H and O–H groups in total. The van der Waals surface area contributed by atoms with E-state index in [0.717, 1.165) is 58.0 Å². The van der Waals surface area contributed by atoms with Crippen molar-refractivity contribution in [2.24, 2.45) is 41.4 Å². The minimum absolute atomic E-state index is 0.0123. The van der Waals surface area contributed by atoms with Gasteiger partial charge in [-0.1, -0.05) is 126 Å². The maximum absolute atomic E-state index is 8.02. The first-order chi connectivity index (χ1) is 38.8. The normalized spacial score (nSPS) is 51.8. The van der Waals surface area contributed by atoms with Gasteiger partial charge in [-0.05, 0) is 91.7 Å². The van der Waals surface area contributed by atoms with E-state index in [-0.39, 0.29) is 151 Å². The number of fused-ring (bicyclic) bond motifs is 9. The van der Waals surface area contributed by atoms with E-state index in [1.165, 1.54) is 0 Å². The molecule has 4 unspecified atom stereocenters. The Morgan fingerprint density at radius 2 is 1.14 bits per heavy atom. The Kier molecular flexibility index (Phi) is 17.9. The summed E-state index contributed by atoms with van der Waals surface area (Å²) >= 11 is 0. The summed E-state index contributed by atoms with van der Waals surface area (Å²) in [7, 11) is -2.43. The van der Waals surface area contributed by atoms with Crippen LogP contribution in [-0.2, 0) is 66.0 Å². The lowest BCUT2D eigenvalue weighted by molar-refractivity contribution is -0.335. The average Bonchev–Trinajstić information content (AvgIpc) is 3.86. The molecule has 9 saturated heterocycles. The van der Waals surface area contributed by atoms with Crippen LogP contribution in [0.25, 0.3) is 0 Å². The van der Waals surface area contributed by atoms with Crippen molar-refractivity contribution >= 4 is 8.32 Å². The molecule has 0 aromatic carbocycles. The zero-order chi connectivity index (χ0) is 56.9. The molecule has 1 spiro atoms. The second-order valence-corrected chi connectivity index (χ2v) is 34.5. The first kappa shape index (κ1) is 60.2. The van der Waals surface area contributed by atoms with Crippen molar-refractivity contribution < 1.29 is 66.0 Å². The van der Waals surface area contributed by atoms with Crippen LogP contribution in [-0.4, -0.2) is 162 Å². The molecule has 9 fully saturated rings. The van der Waals surface area contributed by atoms with E-state index >= 15 is 0 Å². The lowest BCUT2D eigenvalue weighted by Crippen LogP contribution is -2.65. The fourth-order valence-corrected chi connectivity index (χ4v) is 23.9. The van der Waals surface area contributed by atoms with Crippen LogP contribution >= 0.6 is 0 Å². The molecule has 0 aliphatic carbocycles. The molecule has 0 amide bonds. The summed E-state index contributed by atoms with van der Waals surface area (Å²) < 4.78 is 99.5. The van der Waals surface area contributed by atoms with Gasteiger partial charge in [0.1, 0.15) is 18.3 Å². The smallest absolute Gasteiger partial charge is 0.200 e. The van der Waals surface area contributed by atoms with Gasteiger partial charge in [0.05, 0.1) is 123 Å². The lowest BCUT2D eigenvalue weighted by Gasteiger charge is -2.57. The van der Waals surface area contributed by atoms with Gasteiger partial charge in [0.2, 0.25) is 8.32 Å². The van der Waals surface area contributed by atoms with E-state index in [1.54, 1.807) is 0 Å². The second kappa shape index (κ2) is 24.1. The monoisotopic (exact) mass is 1150 g/mol. The summed E-state index contributed by atoms with van der Waals surface area (Å²) in [6.07, 6.45) is 19.5. The van der Waals surface area contributed by atoms with Crippen LogP contribution in [0.3, 0.4) is 0 Å². The molecule has 15 heteroatoms. The standard InChI is InChI=1S/C66H106O14Si/c1-35(2)81(36(3)4,37(5)6)80-58-34-54-55(30-38(7)29-51-53(73-54)33-57-61(76-51)40(9)41(10)64-63(77-57)42(11)44(13)66(79-64)25-18-27-69-66)78-65(58,14)39(8)31-59-67-28-24-49-46(74-59)21-17-20-45-47(70-49)22-23-48-52(71-45)32-56-62(75-48)43(12)60-50(72-56)19-15-16-26-68-60/h15-17,21-23,35-64H,18-20,24-34H2,1-14H3/b21-17-/t38?,39-,40+,41+,42+,43-,44+,45-,46+,47+,48-,49-,50+,51+,52+,53-,54+,55-,56-,57+,58?,59?,60-,61-,62+,63-,64+,65+,66?/m1/s1. The summed E-state index contributed by atoms with van der Waals surface area (Å²) in [6.45, 7) is 35.0. The van der Waals surface area contributed by atoms with Gasteiger partial charge in [-0.2, -0.15) is 0 Å². The minimum atomic E-state index is -2.43. The number of hydrogen-bond acceptors (Lipinski definition) is 14. The Balaban J connectivity index is 0.753. The van der Waals surface area contributed by atoms with Crippen LogP contribution in [0.4, 0.5) is 0 Å². The van der Waals surface area contributed by atoms with Crippen LogP contribution in [0.2, 0.25) is 16.6 Å². The molecule has 12 aliphatic heterocycles. The number of hydrogen-bond donors (Lipinski definition) is 0. The van der Waals surface area contributed by atoms with Crippen molar-refractivity contribution in [2.75, 3.05) is 19.8 Å². The van der Waals surface area contributed by atoms with Crippen molar-refractivity contribution in [2.45, 2.75) is 318 Å². The van der Waals surface area contributed by atoms with Crippen LogP contribution in [0, 0.1) is 41.4 Å². The quantitative estimate of drug-likeness (QED) is 0.169. The highest BCUT2D eigenvalue weighted by Gasteiger charge is 2.62. The van der Waals surface area contributed by atoms with Gasteiger partial charge in [-0.3, -0.25) is 0 Å². The molecule has 81 heavy (non-hydrogen) atoms. The van der Waals surface area contributed by atoms with Crippen molar-refractivity contribution in [3.05, 3.63) is 36.5 Å². The average molecular weight is 1150 g/mol. The third kappa shape index (κ3) is 11.2. The highest BCUT2D eigenvalue weighted by molar-refractivity contribution is 6.77. The topological polar surface area (TPSA) is 129 Å². The van der Waals surface area contributed by atoms with Crippen molar-refractivity contribution in [1.29, 1.82) is 0 Å². The van der Waals surface area contributed by atoms with Gasteiger partial charge in [0, 0.05) is 43.9 Å². The molecular weight excluding hydrogens is 1040 g/mol. The zero-order valence-corrected chi connectivity index (χ0v) is 52.9. The van der Waals surface area contributed by atoms with E-state index in [9.17, 15) is 0 Å². The van der Waals surface area contributed by atoms with Crippen LogP contribution in [0.15, 0.2) is 36.5 Å². The van der Waals surface area contributed by atoms with Crippen LogP contribution in [0.1, 0.15) is 168 Å². The summed E-state index contributed by atoms with van der Waals surface area (Å²) in [4.78, 5) is 0. The van der Waals surface area contributed by atoms with Gasteiger partial charge in [0.25, 0.3) is 0 Å². The molecule has 12 heterocycles. The molecule has 0 aromatic rings. The maximum Gasteiger partial charge on any atom is 0.200 e. The predicted octanol–water partition coefficient (Wildman–Crippen LogP) is 11.8. The molecule has 0 bridgehead atoms. The fourth-order valence-electron chi connectivity index (χ4n) is 18.3. The van der Waals surface area contributed by atoms with E-state index in [1.807, 2.05) is 0 Å². The summed E-state index contributed by atoms with van der Waals surface area (Å²) in [5, 5.41) is 0. The van der Waals surface area contributed by atoms with E-state index < -0.39 is 26.0 Å². The number of rotatable bonds is 8. The van der Waals surface area contributed by atoms with E-state index in [0.29, 0.717) is 55.0 Å². The third-order valence-corrected chi connectivity index (χ3v) is 29.5. The molecular formula is C66H106O14Si. The highest BCUT2D eigenvalue weighted by atomic mass is 28.4. The van der Waals surface area contributed by atoms with Gasteiger partial charge in [-0.25, -0.2) is 0 Å². The molecule has 12 aliphatic rings. The van der Waals surface area contributed by atoms with Crippen molar-refractivity contribution in [3.8, 4) is 0 Å². The molecule has 12 rings (SSSR count). The predicted molar refractivity (Wildman–Crippen MR) is 310 cm³/mol. The SMILES string of the molecule is CC1C[C@@H]2O[C@@H]3[C@@H](C)[C@H](C)[C@@H]4OC5(CCCO5)[C@@H](C)[C@H](C)[C@H]4O[C@H]3C[C@H]2O[C@H]2CC(O[Si](C(C)C)(C(C)C)C(C)C)[C@](C)([C@H](C)CC3OCC[C@H]4O[C@H]5C=C[C@H]6O[C@H]7[C@H](C)[C@H]8OCC=CC[C@@H]8O[C@@H]7C[C@@H]6O[C@@H]5C/C=C\[C@@H]4O3)O[C@@H]2C1. The lowest BCUT2D eigenvalue weighted by atomic mass is 9.73. The minimum Gasteiger partial charge on any atom is -0.410 e. The van der Waals surface area contributed by atoms with Crippen molar-refractivity contribution in [3.63, 3.8) is 0 Å². The summed E-state index contributed by atoms with van der Waals surface area (Å²) in [5.41, 5.74) is 0.540. The molecule has 458 valence electrons. The van der Waals surface area contributed by atoms with E-state index in [2.05, 4.69) is 133 Å². The third-order valence-electron chi connectivity index (χ3n) is 23.4. The Bertz CT molecular complexity index is 2200. The molecule has 29 atom stereocenters. The summed E-state index contributed by atoms with van der Waals surface area (Å²) in [5.74, 6) is 1.06. The Hall–Kier alpha value is -1.12. The number of ether oxygens (including phenoxy) is 13. The fraction of sp³-hybridized carbons (Fsp3) is 0.909. The molecule has 0 aromatic heterocycles. The molecule has 14 nitrogen and oxygen atoms in total. The Morgan fingerprint density at radius 1 is 0.506 bits per heavy atom. The Morgan fingerprint density at radius 3 is 1.89 bits per heavy atom. The Labute approximate surface area is 487 Å². The van der Waals surface area contributed by atoms with Gasteiger partial charge in [0.15, 0.2) is 12.1 Å². The first-order valence-corrected chi connectivity index (χ1v) is 35.0. The van der Waals surface area contributed by atoms with Crippen molar-refractivity contribution in [1.82, 2.24) is 0 Å². The first-order valence-electron chi connectivity index (χ1n) is 32.9. The van der Waals surface area contributed by atoms with Crippen LogP contribution < -0.4 is 0 Å². The van der Waals surface area contributed by atoms with E-state index in [4.69, 9.17) is 66.0 Å². The largest absolute Gasteiger partial charge is 0.410 e. The van der Waals surface area contributed by atoms with Gasteiger partial charge >= 0.3 is 0 Å². The maximum atomic E-state index is 8.02. The molecule has 0 radical (unpaired) electrons. The van der Waals surface area contributed by atoms with Crippen LogP contribution in [0.5, 0.6) is 0 Å².